The Kier molecular flexibility index (Phi) is 6.09. The lowest BCUT2D eigenvalue weighted by molar-refractivity contribution is -0.141. The molecule has 0 saturated carbocycles. The second kappa shape index (κ2) is 7.57. The molecule has 1 aromatic carbocycles. The number of halogens is 4. The van der Waals surface area contributed by atoms with Crippen LogP contribution in [-0.4, -0.2) is 31.0 Å². The summed E-state index contributed by atoms with van der Waals surface area (Å²) < 4.78 is 63.7. The molecule has 0 aliphatic rings. The van der Waals surface area contributed by atoms with Crippen LogP contribution in [0.1, 0.15) is 5.69 Å². The summed E-state index contributed by atoms with van der Waals surface area (Å²) in [6.07, 6.45) is -3.20. The van der Waals surface area contributed by atoms with Gasteiger partial charge in [-0.15, -0.1) is 9.24 Å². The first kappa shape index (κ1) is 20.1. The van der Waals surface area contributed by atoms with Gasteiger partial charge < -0.3 is 5.32 Å². The Morgan fingerprint density at radius 2 is 1.96 bits per heavy atom. The topological polar surface area (TPSA) is 62.3 Å². The molecule has 0 saturated heterocycles. The molecule has 136 valence electrons. The van der Waals surface area contributed by atoms with E-state index >= 15 is 0 Å². The van der Waals surface area contributed by atoms with Crippen molar-refractivity contribution in [3.05, 3.63) is 46.7 Å². The third-order valence-electron chi connectivity index (χ3n) is 3.24. The van der Waals surface area contributed by atoms with Gasteiger partial charge in [0.05, 0.1) is 22.5 Å². The molecular formula is C14H14BrF3N3O2PS. The normalized spacial score (nSPS) is 12.4. The van der Waals surface area contributed by atoms with E-state index in [1.807, 2.05) is 0 Å². The van der Waals surface area contributed by atoms with Crippen molar-refractivity contribution in [2.75, 3.05) is 18.7 Å². The highest BCUT2D eigenvalue weighted by Gasteiger charge is 2.32. The van der Waals surface area contributed by atoms with Crippen LogP contribution in [0.2, 0.25) is 0 Å². The Balaban J connectivity index is 2.25. The predicted molar refractivity (Wildman–Crippen MR) is 96.2 cm³/mol. The fraction of sp³-hybridized carbons (Fsp3) is 0.214. The second-order valence-electron chi connectivity index (χ2n) is 4.98. The number of nitrogens with zero attached hydrogens (tertiary/aromatic N) is 2. The highest BCUT2D eigenvalue weighted by Crippen LogP contribution is 2.31. The maximum Gasteiger partial charge on any atom is 0.433 e. The molecule has 2 aromatic rings. The maximum atomic E-state index is 12.5. The number of aromatic nitrogens is 1. The lowest BCUT2D eigenvalue weighted by Gasteiger charge is -2.16. The summed E-state index contributed by atoms with van der Waals surface area (Å²) >= 11 is 3.26. The van der Waals surface area contributed by atoms with E-state index in [0.717, 1.165) is 12.3 Å². The highest BCUT2D eigenvalue weighted by molar-refractivity contribution is 9.10. The van der Waals surface area contributed by atoms with Gasteiger partial charge in [0.25, 0.3) is 0 Å². The smallest absolute Gasteiger partial charge is 0.353 e. The molecular weight excluding hydrogens is 442 g/mol. The number of anilines is 2. The molecule has 11 heteroatoms. The van der Waals surface area contributed by atoms with Crippen LogP contribution >= 0.6 is 25.2 Å². The first-order valence-electron chi connectivity index (χ1n) is 6.82. The Morgan fingerprint density at radius 3 is 2.44 bits per heavy atom. The van der Waals surface area contributed by atoms with Crippen LogP contribution in [0, 0.1) is 0 Å². The average Bonchev–Trinajstić information content (AvgIpc) is 2.55. The zero-order valence-electron chi connectivity index (χ0n) is 12.9. The van der Waals surface area contributed by atoms with Crippen molar-refractivity contribution in [1.29, 1.82) is 0 Å². The van der Waals surface area contributed by atoms with Crippen LogP contribution in [0.15, 0.2) is 45.9 Å². The number of nitrogens with one attached hydrogen (secondary N) is 1. The van der Waals surface area contributed by atoms with Crippen LogP contribution in [0.25, 0.3) is 0 Å². The molecule has 0 fully saturated rings. The summed E-state index contributed by atoms with van der Waals surface area (Å²) in [7, 11) is 0.175. The Morgan fingerprint density at radius 1 is 1.28 bits per heavy atom. The number of pyridine rings is 1. The molecule has 0 amide bonds. The molecule has 5 nitrogen and oxygen atoms in total. The number of alkyl halides is 3. The Bertz CT molecular complexity index is 861. The molecule has 0 radical (unpaired) electrons. The van der Waals surface area contributed by atoms with E-state index in [1.165, 1.54) is 35.6 Å². The third-order valence-corrected chi connectivity index (χ3v) is 6.53. The van der Waals surface area contributed by atoms with E-state index in [9.17, 15) is 21.6 Å². The monoisotopic (exact) mass is 455 g/mol. The summed E-state index contributed by atoms with van der Waals surface area (Å²) in [5, 5.41) is 2.88. The molecule has 0 aliphatic heterocycles. The number of hydrogen-bond acceptors (Lipinski definition) is 4. The van der Waals surface area contributed by atoms with Crippen molar-refractivity contribution in [2.45, 2.75) is 11.1 Å². The van der Waals surface area contributed by atoms with Gasteiger partial charge in [-0.3, -0.25) is 0 Å². The average molecular weight is 456 g/mol. The van der Waals surface area contributed by atoms with E-state index < -0.39 is 21.9 Å². The van der Waals surface area contributed by atoms with Gasteiger partial charge in [-0.05, 0) is 46.3 Å². The van der Waals surface area contributed by atoms with Crippen molar-refractivity contribution < 1.29 is 21.6 Å². The predicted octanol–water partition coefficient (Wildman–Crippen LogP) is 4.06. The van der Waals surface area contributed by atoms with Gasteiger partial charge in [-0.25, -0.2) is 13.4 Å². The third kappa shape index (κ3) is 4.69. The van der Waals surface area contributed by atoms with Crippen molar-refractivity contribution in [3.8, 4) is 0 Å². The molecule has 1 unspecified atom stereocenters. The summed E-state index contributed by atoms with van der Waals surface area (Å²) in [5.41, 5.74) is -0.153. The minimum Gasteiger partial charge on any atom is -0.353 e. The Hall–Kier alpha value is -1.22. The maximum absolute atomic E-state index is 12.5. The van der Waals surface area contributed by atoms with E-state index in [0.29, 0.717) is 15.8 Å². The van der Waals surface area contributed by atoms with E-state index in [4.69, 9.17) is 0 Å². The fourth-order valence-corrected chi connectivity index (χ4v) is 4.11. The second-order valence-corrected chi connectivity index (χ2v) is 8.25. The van der Waals surface area contributed by atoms with Crippen molar-refractivity contribution in [3.63, 3.8) is 0 Å². The Labute approximate surface area is 154 Å². The standard InChI is InChI=1S/C14H14BrF3N3O2PS/c1-21(8-24)25(22,23)10-3-4-12(11(15)6-10)20-9-2-5-13(19-7-9)14(16,17)18/h2-7,20H,8,24H2,1H3. The first-order valence-corrected chi connectivity index (χ1v) is 9.87. The van der Waals surface area contributed by atoms with Crippen LogP contribution in [0.5, 0.6) is 0 Å². The molecule has 1 aromatic heterocycles. The van der Waals surface area contributed by atoms with Crippen LogP contribution in [0.4, 0.5) is 24.5 Å². The number of sulfonamides is 1. The minimum atomic E-state index is -4.50. The molecule has 0 aliphatic carbocycles. The van der Waals surface area contributed by atoms with Gasteiger partial charge in [0.2, 0.25) is 10.0 Å². The largest absolute Gasteiger partial charge is 0.433 e. The molecule has 1 heterocycles. The van der Waals surface area contributed by atoms with Gasteiger partial charge in [0.15, 0.2) is 0 Å². The molecule has 1 atom stereocenters. The van der Waals surface area contributed by atoms with E-state index in [1.54, 1.807) is 0 Å². The van der Waals surface area contributed by atoms with Gasteiger partial charge in [0, 0.05) is 17.8 Å². The SMILES string of the molecule is CN(CP)S(=O)(=O)c1ccc(Nc2ccc(C(F)(F)F)nc2)c(Br)c1. The molecule has 0 bridgehead atoms. The van der Waals surface area contributed by atoms with Crippen molar-refractivity contribution in [2.24, 2.45) is 0 Å². The highest BCUT2D eigenvalue weighted by atomic mass is 79.9. The zero-order chi connectivity index (χ0) is 18.8. The quantitative estimate of drug-likeness (QED) is 0.690. The van der Waals surface area contributed by atoms with Crippen molar-refractivity contribution in [1.82, 2.24) is 9.29 Å². The summed E-state index contributed by atoms with van der Waals surface area (Å²) in [6.45, 7) is 0. The van der Waals surface area contributed by atoms with Crippen LogP contribution < -0.4 is 5.32 Å². The van der Waals surface area contributed by atoms with Gasteiger partial charge in [-0.2, -0.15) is 17.5 Å². The van der Waals surface area contributed by atoms with Crippen LogP contribution in [-0.2, 0) is 16.2 Å². The van der Waals surface area contributed by atoms with Crippen LogP contribution in [0.3, 0.4) is 0 Å². The van der Waals surface area contributed by atoms with E-state index in [2.05, 4.69) is 35.5 Å². The fourth-order valence-electron chi connectivity index (χ4n) is 1.83. The minimum absolute atomic E-state index is 0.0976. The summed E-state index contributed by atoms with van der Waals surface area (Å²) in [4.78, 5) is 3.46. The molecule has 25 heavy (non-hydrogen) atoms. The number of rotatable bonds is 5. The lowest BCUT2D eigenvalue weighted by Crippen LogP contribution is -2.25. The molecule has 1 N–H and O–H groups in total. The zero-order valence-corrected chi connectivity index (χ0v) is 16.4. The lowest BCUT2D eigenvalue weighted by atomic mass is 10.3. The first-order chi connectivity index (χ1) is 11.6. The van der Waals surface area contributed by atoms with Crippen molar-refractivity contribution >= 4 is 46.6 Å². The molecule has 0 spiro atoms. The van der Waals surface area contributed by atoms with Gasteiger partial charge in [-0.1, -0.05) is 0 Å². The summed E-state index contributed by atoms with van der Waals surface area (Å²) in [6, 6.07) is 6.46. The van der Waals surface area contributed by atoms with E-state index in [-0.39, 0.29) is 11.2 Å². The van der Waals surface area contributed by atoms with Gasteiger partial charge in [0.1, 0.15) is 5.69 Å². The van der Waals surface area contributed by atoms with Gasteiger partial charge >= 0.3 is 6.18 Å². The number of hydrogen-bond donors (Lipinski definition) is 1. The number of benzene rings is 1. The molecule has 2 rings (SSSR count). The summed E-state index contributed by atoms with van der Waals surface area (Å²) in [5.74, 6) is 0.